The van der Waals surface area contributed by atoms with Gasteiger partial charge in [0.05, 0.1) is 18.1 Å². The molecule has 0 saturated carbocycles. The minimum Gasteiger partial charge on any atom is -0.395 e. The Morgan fingerprint density at radius 1 is 1.46 bits per heavy atom. The van der Waals surface area contributed by atoms with Crippen LogP contribution >= 0.6 is 0 Å². The predicted octanol–water partition coefficient (Wildman–Crippen LogP) is 0.500. The lowest BCUT2D eigenvalue weighted by atomic mass is 9.80. The first-order valence-electron chi connectivity index (χ1n) is 4.53. The molecule has 2 aliphatic heterocycles. The topological polar surface area (TPSA) is 52.6 Å². The summed E-state index contributed by atoms with van der Waals surface area (Å²) < 4.78 is 9.90. The molecule has 0 amide bonds. The van der Waals surface area contributed by atoms with Crippen LogP contribution < -0.4 is 0 Å². The Morgan fingerprint density at radius 3 is 2.69 bits per heavy atom. The Morgan fingerprint density at radius 2 is 2.15 bits per heavy atom. The van der Waals surface area contributed by atoms with Crippen molar-refractivity contribution in [2.45, 2.75) is 32.0 Å². The van der Waals surface area contributed by atoms with Gasteiger partial charge in [0.1, 0.15) is 0 Å². The highest BCUT2D eigenvalue weighted by atomic mass is 16.6. The smallest absolute Gasteiger partial charge is 0.319 e. The van der Waals surface area contributed by atoms with Gasteiger partial charge in [-0.2, -0.15) is 0 Å². The highest BCUT2D eigenvalue weighted by Gasteiger charge is 2.50. The molecule has 2 rings (SSSR count). The van der Waals surface area contributed by atoms with Crippen LogP contribution in [0.15, 0.2) is 0 Å². The molecule has 2 bridgehead atoms. The lowest BCUT2D eigenvalue weighted by Gasteiger charge is -2.21. The molecule has 0 spiro atoms. The SMILES string of the molecule is CC1C2CCC(O2)C1C(=O)OC=O. The van der Waals surface area contributed by atoms with Crippen LogP contribution in [0, 0.1) is 11.8 Å². The molecular formula is C9H12O4. The average molecular weight is 184 g/mol. The fourth-order valence-electron chi connectivity index (χ4n) is 2.40. The van der Waals surface area contributed by atoms with E-state index in [1.165, 1.54) is 0 Å². The Balaban J connectivity index is 2.07. The number of hydrogen-bond acceptors (Lipinski definition) is 4. The fraction of sp³-hybridized carbons (Fsp3) is 0.778. The maximum atomic E-state index is 11.3. The van der Waals surface area contributed by atoms with E-state index in [0.29, 0.717) is 0 Å². The van der Waals surface area contributed by atoms with E-state index in [4.69, 9.17) is 4.74 Å². The van der Waals surface area contributed by atoms with Crippen LogP contribution in [0.5, 0.6) is 0 Å². The van der Waals surface area contributed by atoms with Crippen molar-refractivity contribution >= 4 is 12.4 Å². The van der Waals surface area contributed by atoms with Crippen LogP contribution in [0.4, 0.5) is 0 Å². The molecule has 4 heteroatoms. The van der Waals surface area contributed by atoms with Gasteiger partial charge in [0.2, 0.25) is 0 Å². The molecule has 0 aromatic carbocycles. The van der Waals surface area contributed by atoms with Crippen molar-refractivity contribution in [1.29, 1.82) is 0 Å². The molecule has 2 fully saturated rings. The van der Waals surface area contributed by atoms with Crippen molar-refractivity contribution in [1.82, 2.24) is 0 Å². The summed E-state index contributed by atoms with van der Waals surface area (Å²) in [5.74, 6) is -0.482. The van der Waals surface area contributed by atoms with Gasteiger partial charge in [-0.15, -0.1) is 0 Å². The molecule has 0 radical (unpaired) electrons. The normalized spacial score (nSPS) is 41.9. The number of ether oxygens (including phenoxy) is 2. The summed E-state index contributed by atoms with van der Waals surface area (Å²) in [6.45, 7) is 2.17. The summed E-state index contributed by atoms with van der Waals surface area (Å²) in [5, 5.41) is 0. The van der Waals surface area contributed by atoms with Gasteiger partial charge in [0, 0.05) is 0 Å². The summed E-state index contributed by atoms with van der Waals surface area (Å²) in [6.07, 6.45) is 2.10. The molecule has 4 atom stereocenters. The number of carbonyl (C=O) groups is 2. The van der Waals surface area contributed by atoms with E-state index in [0.717, 1.165) is 12.8 Å². The predicted molar refractivity (Wildman–Crippen MR) is 42.7 cm³/mol. The number of esters is 1. The number of fused-ring (bicyclic) bond motifs is 2. The lowest BCUT2D eigenvalue weighted by molar-refractivity contribution is -0.157. The maximum Gasteiger partial charge on any atom is 0.319 e. The van der Waals surface area contributed by atoms with E-state index in [-0.39, 0.29) is 30.5 Å². The van der Waals surface area contributed by atoms with Crippen molar-refractivity contribution in [3.63, 3.8) is 0 Å². The van der Waals surface area contributed by atoms with Gasteiger partial charge >= 0.3 is 12.4 Å². The molecule has 0 aliphatic carbocycles. The number of rotatable bonds is 2. The molecule has 0 aromatic heterocycles. The van der Waals surface area contributed by atoms with E-state index in [2.05, 4.69) is 4.74 Å². The van der Waals surface area contributed by atoms with Crippen LogP contribution in [0.2, 0.25) is 0 Å². The van der Waals surface area contributed by atoms with Crippen molar-refractivity contribution in [3.05, 3.63) is 0 Å². The lowest BCUT2D eigenvalue weighted by Crippen LogP contribution is -2.33. The molecule has 4 unspecified atom stereocenters. The Kier molecular flexibility index (Phi) is 2.07. The Bertz CT molecular complexity index is 236. The number of carbonyl (C=O) groups excluding carboxylic acids is 2. The first-order chi connectivity index (χ1) is 6.24. The maximum absolute atomic E-state index is 11.3. The standard InChI is InChI=1S/C9H12O4/c1-5-6-2-3-7(13-6)8(5)9(11)12-4-10/h4-8H,2-3H2,1H3. The second kappa shape index (κ2) is 3.10. The largest absolute Gasteiger partial charge is 0.395 e. The zero-order valence-electron chi connectivity index (χ0n) is 7.43. The van der Waals surface area contributed by atoms with Gasteiger partial charge in [-0.3, -0.25) is 9.59 Å². The molecule has 0 aromatic rings. The van der Waals surface area contributed by atoms with Gasteiger partial charge < -0.3 is 9.47 Å². The van der Waals surface area contributed by atoms with E-state index in [1.54, 1.807) is 0 Å². The van der Waals surface area contributed by atoms with Gasteiger partial charge in [-0.25, -0.2) is 0 Å². The van der Waals surface area contributed by atoms with Crippen LogP contribution in [-0.2, 0) is 19.1 Å². The van der Waals surface area contributed by atoms with Gasteiger partial charge in [0.15, 0.2) is 0 Å². The molecular weight excluding hydrogens is 172 g/mol. The summed E-state index contributed by atoms with van der Waals surface area (Å²) in [4.78, 5) is 21.3. The van der Waals surface area contributed by atoms with Gasteiger partial charge in [-0.05, 0) is 18.8 Å². The molecule has 72 valence electrons. The third kappa shape index (κ3) is 1.25. The quantitative estimate of drug-likeness (QED) is 0.356. The molecule has 2 saturated heterocycles. The van der Waals surface area contributed by atoms with Crippen LogP contribution in [-0.4, -0.2) is 24.6 Å². The molecule has 0 N–H and O–H groups in total. The highest BCUT2D eigenvalue weighted by Crippen LogP contribution is 2.43. The third-order valence-electron chi connectivity index (χ3n) is 3.08. The Hall–Kier alpha value is -0.900. The number of hydrogen-bond donors (Lipinski definition) is 0. The van der Waals surface area contributed by atoms with Crippen molar-refractivity contribution < 1.29 is 19.1 Å². The second-order valence-corrected chi connectivity index (χ2v) is 3.71. The molecule has 13 heavy (non-hydrogen) atoms. The average Bonchev–Trinajstić information content (AvgIpc) is 2.63. The van der Waals surface area contributed by atoms with Gasteiger partial charge in [-0.1, -0.05) is 6.92 Å². The summed E-state index contributed by atoms with van der Waals surface area (Å²) in [6, 6.07) is 0. The van der Waals surface area contributed by atoms with Crippen molar-refractivity contribution in [2.75, 3.05) is 0 Å². The minimum atomic E-state index is -0.435. The van der Waals surface area contributed by atoms with E-state index >= 15 is 0 Å². The molecule has 2 heterocycles. The molecule has 2 aliphatic rings. The summed E-state index contributed by atoms with van der Waals surface area (Å²) in [7, 11) is 0. The fourth-order valence-corrected chi connectivity index (χ4v) is 2.40. The van der Waals surface area contributed by atoms with Crippen LogP contribution in [0.1, 0.15) is 19.8 Å². The van der Waals surface area contributed by atoms with E-state index in [1.807, 2.05) is 6.92 Å². The van der Waals surface area contributed by atoms with Crippen molar-refractivity contribution in [3.8, 4) is 0 Å². The van der Waals surface area contributed by atoms with E-state index < -0.39 is 5.97 Å². The monoisotopic (exact) mass is 184 g/mol. The Labute approximate surface area is 76.2 Å². The summed E-state index contributed by atoms with van der Waals surface area (Å²) in [5.41, 5.74) is 0. The van der Waals surface area contributed by atoms with Gasteiger partial charge in [0.25, 0.3) is 0 Å². The first-order valence-corrected chi connectivity index (χ1v) is 4.53. The highest BCUT2D eigenvalue weighted by molar-refractivity contribution is 5.80. The molecule has 4 nitrogen and oxygen atoms in total. The zero-order chi connectivity index (χ0) is 9.42. The van der Waals surface area contributed by atoms with E-state index in [9.17, 15) is 9.59 Å². The van der Waals surface area contributed by atoms with Crippen LogP contribution in [0.3, 0.4) is 0 Å². The third-order valence-corrected chi connectivity index (χ3v) is 3.08. The second-order valence-electron chi connectivity index (χ2n) is 3.71. The first kappa shape index (κ1) is 8.69. The van der Waals surface area contributed by atoms with Crippen LogP contribution in [0.25, 0.3) is 0 Å². The minimum absolute atomic E-state index is 0.0209. The summed E-state index contributed by atoms with van der Waals surface area (Å²) >= 11 is 0. The van der Waals surface area contributed by atoms with Crippen molar-refractivity contribution in [2.24, 2.45) is 11.8 Å². The zero-order valence-corrected chi connectivity index (χ0v) is 7.43.